The maximum Gasteiger partial charge on any atom is 0.274 e. The number of nitrogens with zero attached hydrogens (tertiary/aromatic N) is 4. The molecular formula is C23H22N4O2S. The summed E-state index contributed by atoms with van der Waals surface area (Å²) in [6, 6.07) is 15.5. The number of hydrogen-bond donors (Lipinski definition) is 0. The highest BCUT2D eigenvalue weighted by molar-refractivity contribution is 7.18. The first-order valence-corrected chi connectivity index (χ1v) is 11.0. The van der Waals surface area contributed by atoms with Crippen molar-refractivity contribution in [3.63, 3.8) is 0 Å². The van der Waals surface area contributed by atoms with E-state index in [9.17, 15) is 9.59 Å². The molecule has 6 nitrogen and oxygen atoms in total. The van der Waals surface area contributed by atoms with Gasteiger partial charge in [0.05, 0.1) is 32.7 Å². The summed E-state index contributed by atoms with van der Waals surface area (Å²) in [5.41, 5.74) is 1.54. The van der Waals surface area contributed by atoms with Crippen LogP contribution in [0.5, 0.6) is 0 Å². The first-order valence-electron chi connectivity index (χ1n) is 10.2. The average Bonchev–Trinajstić information content (AvgIpc) is 3.22. The van der Waals surface area contributed by atoms with E-state index in [0.29, 0.717) is 17.6 Å². The predicted molar refractivity (Wildman–Crippen MR) is 119 cm³/mol. The molecule has 0 N–H and O–H groups in total. The third-order valence-electron chi connectivity index (χ3n) is 5.79. The molecule has 0 saturated carbocycles. The number of para-hydroxylation sites is 1. The third-order valence-corrected chi connectivity index (χ3v) is 6.98. The number of thiazole rings is 1. The molecule has 5 rings (SSSR count). The molecule has 1 saturated heterocycles. The van der Waals surface area contributed by atoms with Crippen LogP contribution < -0.4 is 5.56 Å². The van der Waals surface area contributed by atoms with Gasteiger partial charge in [0, 0.05) is 31.4 Å². The van der Waals surface area contributed by atoms with Gasteiger partial charge >= 0.3 is 0 Å². The van der Waals surface area contributed by atoms with Crippen molar-refractivity contribution in [3.8, 4) is 0 Å². The van der Waals surface area contributed by atoms with Crippen LogP contribution in [0.15, 0.2) is 53.3 Å². The second-order valence-electron chi connectivity index (χ2n) is 7.80. The zero-order chi connectivity index (χ0) is 20.7. The summed E-state index contributed by atoms with van der Waals surface area (Å²) < 4.78 is 2.52. The molecule has 1 aliphatic rings. The molecular weight excluding hydrogens is 396 g/mol. The maximum atomic E-state index is 13.1. The van der Waals surface area contributed by atoms with Crippen molar-refractivity contribution < 1.29 is 4.79 Å². The summed E-state index contributed by atoms with van der Waals surface area (Å²) in [4.78, 5) is 32.2. The summed E-state index contributed by atoms with van der Waals surface area (Å²) in [6.45, 7) is 1.44. The maximum absolute atomic E-state index is 13.1. The molecule has 0 unspecified atom stereocenters. The molecule has 1 fully saturated rings. The van der Waals surface area contributed by atoms with Crippen LogP contribution in [0.2, 0.25) is 0 Å². The summed E-state index contributed by atoms with van der Waals surface area (Å²) in [5.74, 6) is 0.321. The predicted octanol–water partition coefficient (Wildman–Crippen LogP) is 3.49. The Morgan fingerprint density at radius 1 is 1.13 bits per heavy atom. The topological polar surface area (TPSA) is 68.1 Å². The minimum atomic E-state index is -0.143. The number of amides is 1. The lowest BCUT2D eigenvalue weighted by molar-refractivity contribution is -0.131. The van der Waals surface area contributed by atoms with Gasteiger partial charge in [-0.1, -0.05) is 30.3 Å². The Bertz CT molecular complexity index is 1280. The molecule has 30 heavy (non-hydrogen) atoms. The lowest BCUT2D eigenvalue weighted by Crippen LogP contribution is -2.40. The lowest BCUT2D eigenvalue weighted by Gasteiger charge is -2.32. The van der Waals surface area contributed by atoms with E-state index in [2.05, 4.69) is 11.2 Å². The van der Waals surface area contributed by atoms with Crippen molar-refractivity contribution in [1.29, 1.82) is 0 Å². The lowest BCUT2D eigenvalue weighted by atomic mass is 9.98. The molecule has 2 aromatic carbocycles. The van der Waals surface area contributed by atoms with E-state index < -0.39 is 0 Å². The van der Waals surface area contributed by atoms with Crippen LogP contribution in [-0.4, -0.2) is 38.7 Å². The highest BCUT2D eigenvalue weighted by Gasteiger charge is 2.27. The van der Waals surface area contributed by atoms with Crippen LogP contribution in [0.25, 0.3) is 21.0 Å². The quantitative estimate of drug-likeness (QED) is 0.511. The summed E-state index contributed by atoms with van der Waals surface area (Å²) in [5, 5.41) is 6.86. The Balaban J connectivity index is 1.38. The Labute approximate surface area is 177 Å². The summed E-state index contributed by atoms with van der Waals surface area (Å²) in [6.07, 6.45) is 2.21. The second kappa shape index (κ2) is 7.65. The Morgan fingerprint density at radius 3 is 2.73 bits per heavy atom. The monoisotopic (exact) mass is 418 g/mol. The van der Waals surface area contributed by atoms with Crippen LogP contribution >= 0.6 is 11.3 Å². The van der Waals surface area contributed by atoms with Crippen LogP contribution in [0.3, 0.4) is 0 Å². The van der Waals surface area contributed by atoms with Crippen molar-refractivity contribution in [2.45, 2.75) is 25.2 Å². The molecule has 4 aromatic rings. The van der Waals surface area contributed by atoms with Gasteiger partial charge in [-0.05, 0) is 31.0 Å². The summed E-state index contributed by atoms with van der Waals surface area (Å²) >= 11 is 1.73. The second-order valence-corrected chi connectivity index (χ2v) is 8.86. The van der Waals surface area contributed by atoms with E-state index in [4.69, 9.17) is 4.98 Å². The number of rotatable bonds is 3. The van der Waals surface area contributed by atoms with E-state index in [1.807, 2.05) is 41.3 Å². The number of benzene rings is 2. The molecule has 1 atom stereocenters. The molecule has 0 aliphatic carbocycles. The van der Waals surface area contributed by atoms with Crippen LogP contribution in [0.4, 0.5) is 0 Å². The van der Waals surface area contributed by atoms with Crippen LogP contribution in [-0.2, 0) is 18.3 Å². The zero-order valence-electron chi connectivity index (χ0n) is 16.7. The van der Waals surface area contributed by atoms with Crippen molar-refractivity contribution in [2.75, 3.05) is 13.1 Å². The van der Waals surface area contributed by atoms with Crippen molar-refractivity contribution in [1.82, 2.24) is 19.7 Å². The number of likely N-dealkylation sites (tertiary alicyclic amines) is 1. The Morgan fingerprint density at radius 2 is 1.90 bits per heavy atom. The largest absolute Gasteiger partial charge is 0.342 e. The molecule has 1 aliphatic heterocycles. The van der Waals surface area contributed by atoms with Gasteiger partial charge in [0.2, 0.25) is 5.91 Å². The highest BCUT2D eigenvalue weighted by Crippen LogP contribution is 2.33. The number of piperidine rings is 1. The van der Waals surface area contributed by atoms with Crippen molar-refractivity contribution in [3.05, 3.63) is 69.6 Å². The van der Waals surface area contributed by atoms with Gasteiger partial charge in [-0.15, -0.1) is 11.3 Å². The number of aryl methyl sites for hydroxylation is 1. The van der Waals surface area contributed by atoms with Gasteiger partial charge in [-0.25, -0.2) is 9.67 Å². The van der Waals surface area contributed by atoms with E-state index in [0.717, 1.165) is 35.3 Å². The molecule has 0 bridgehead atoms. The molecule has 0 spiro atoms. The minimum absolute atomic E-state index is 0.0529. The average molecular weight is 419 g/mol. The van der Waals surface area contributed by atoms with Crippen LogP contribution in [0, 0.1) is 0 Å². The molecule has 1 amide bonds. The van der Waals surface area contributed by atoms with E-state index in [1.54, 1.807) is 24.5 Å². The normalized spacial score (nSPS) is 17.0. The SMILES string of the molecule is Cn1nc(CC(=O)N2CCC[C@H](c3nc4ccccc4s3)C2)c2ccccc2c1=O. The Kier molecular flexibility index (Phi) is 4.83. The standard InChI is InChI=1S/C23H22N4O2S/c1-26-23(29)17-9-3-2-8-16(17)19(25-26)13-21(28)27-12-6-7-15(14-27)22-24-18-10-4-5-11-20(18)30-22/h2-5,8-11,15H,6-7,12-14H2,1H3/t15-/m0/s1. The number of carbonyl (C=O) groups excluding carboxylic acids is 1. The van der Waals surface area contributed by atoms with Crippen molar-refractivity contribution in [2.24, 2.45) is 7.05 Å². The minimum Gasteiger partial charge on any atom is -0.342 e. The molecule has 2 aromatic heterocycles. The smallest absolute Gasteiger partial charge is 0.274 e. The van der Waals surface area contributed by atoms with Gasteiger partial charge in [0.25, 0.3) is 5.56 Å². The zero-order valence-corrected chi connectivity index (χ0v) is 17.6. The van der Waals surface area contributed by atoms with E-state index in [1.165, 1.54) is 9.38 Å². The van der Waals surface area contributed by atoms with E-state index >= 15 is 0 Å². The summed E-state index contributed by atoms with van der Waals surface area (Å²) in [7, 11) is 1.63. The van der Waals surface area contributed by atoms with Crippen LogP contribution in [0.1, 0.15) is 29.5 Å². The molecule has 7 heteroatoms. The Hall–Kier alpha value is -3.06. The third kappa shape index (κ3) is 3.39. The van der Waals surface area contributed by atoms with Gasteiger partial charge < -0.3 is 4.90 Å². The fraction of sp³-hybridized carbons (Fsp3) is 0.304. The molecule has 0 radical (unpaired) electrons. The van der Waals surface area contributed by atoms with Gasteiger partial charge in [0.1, 0.15) is 0 Å². The fourth-order valence-corrected chi connectivity index (χ4v) is 5.32. The first-order chi connectivity index (χ1) is 14.6. The highest BCUT2D eigenvalue weighted by atomic mass is 32.1. The number of fused-ring (bicyclic) bond motifs is 2. The van der Waals surface area contributed by atoms with E-state index in [-0.39, 0.29) is 23.8 Å². The number of aromatic nitrogens is 3. The number of hydrogen-bond acceptors (Lipinski definition) is 5. The first kappa shape index (κ1) is 18.9. The molecule has 3 heterocycles. The fourth-order valence-electron chi connectivity index (χ4n) is 4.23. The van der Waals surface area contributed by atoms with Gasteiger partial charge in [-0.3, -0.25) is 9.59 Å². The molecule has 152 valence electrons. The van der Waals surface area contributed by atoms with Crippen molar-refractivity contribution >= 4 is 38.2 Å². The van der Waals surface area contributed by atoms with Gasteiger partial charge in [-0.2, -0.15) is 5.10 Å². The number of carbonyl (C=O) groups is 1. The van der Waals surface area contributed by atoms with Gasteiger partial charge in [0.15, 0.2) is 0 Å².